The number of rotatable bonds is 20. The van der Waals surface area contributed by atoms with Crippen molar-refractivity contribution in [2.45, 2.75) is 36.5 Å². The van der Waals surface area contributed by atoms with Gasteiger partial charge >= 0.3 is 54.6 Å². The fourth-order valence-electron chi connectivity index (χ4n) is 6.42. The number of nitrogens with one attached hydrogen (secondary N) is 5. The fourth-order valence-corrected chi connectivity index (χ4v) is 10.9. The van der Waals surface area contributed by atoms with Crippen LogP contribution in [0.25, 0.3) is 0 Å². The molecular formula is C31H53N9O23P4. The summed E-state index contributed by atoms with van der Waals surface area (Å²) in [7, 11) is -22.1. The molecule has 1 heterocycles. The van der Waals surface area contributed by atoms with Crippen molar-refractivity contribution in [3.63, 3.8) is 0 Å². The quantitative estimate of drug-likeness (QED) is 0.0565. The smallest absolute Gasteiger partial charge is 0.407 e. The van der Waals surface area contributed by atoms with E-state index in [2.05, 4.69) is 16.0 Å². The second kappa shape index (κ2) is 25.1. The van der Waals surface area contributed by atoms with Crippen molar-refractivity contribution in [1.82, 2.24) is 40.9 Å². The maximum absolute atomic E-state index is 13.5. The molecular weight excluding hydrogens is 990 g/mol. The summed E-state index contributed by atoms with van der Waals surface area (Å²) in [4.78, 5) is 166. The molecule has 0 bridgehead atoms. The summed E-state index contributed by atoms with van der Waals surface area (Å²) in [6.07, 6.45) is -4.49. The number of carboxylic acids is 1. The lowest BCUT2D eigenvalue weighted by Gasteiger charge is -2.41. The Morgan fingerprint density at radius 1 is 0.612 bits per heavy atom. The molecule has 0 aromatic heterocycles. The Kier molecular flexibility index (Phi) is 21.9. The van der Waals surface area contributed by atoms with E-state index in [1.54, 1.807) is 10.6 Å². The lowest BCUT2D eigenvalue weighted by atomic mass is 9.97. The van der Waals surface area contributed by atoms with Crippen LogP contribution >= 0.6 is 30.4 Å². The average Bonchev–Trinajstić information content (AvgIpc) is 3.16. The van der Waals surface area contributed by atoms with E-state index in [1.807, 2.05) is 0 Å². The zero-order valence-corrected chi connectivity index (χ0v) is 38.7. The van der Waals surface area contributed by atoms with Crippen LogP contribution in [0.2, 0.25) is 0 Å². The van der Waals surface area contributed by atoms with Crippen LogP contribution in [-0.4, -0.2) is 216 Å². The third-order valence-electron chi connectivity index (χ3n) is 9.86. The van der Waals surface area contributed by atoms with E-state index in [-0.39, 0.29) is 44.8 Å². The Bertz CT molecular complexity index is 2020. The van der Waals surface area contributed by atoms with Gasteiger partial charge in [-0.3, -0.25) is 53.0 Å². The fraction of sp³-hybridized carbons (Fsp3) is 0.581. The van der Waals surface area contributed by atoms with Gasteiger partial charge < -0.3 is 90.2 Å². The number of hydrogen-bond donors (Lipinski definition) is 17. The molecule has 2 unspecified atom stereocenters. The maximum atomic E-state index is 13.5. The van der Waals surface area contributed by atoms with Crippen molar-refractivity contribution in [2.75, 3.05) is 77.3 Å². The summed E-state index contributed by atoms with van der Waals surface area (Å²) in [6.45, 7) is -4.69. The molecule has 1 aliphatic heterocycles. The SMILES string of the molecule is CC1C(Cc2ccc(NC(=O)C(CNC(=O)CNC(P(=O)(O)O)P(=O)(O)O)CNC(=O)CNC(P(=O)(O)O)P(=O)(O)O)cc2)N(C(=O)O)CCN(C(=O)O)CCN(C(=O)O)CCN1CC(=O)O. The molecule has 0 spiro atoms. The number of nitrogens with zero attached hydrogens (tertiary/aromatic N) is 4. The van der Waals surface area contributed by atoms with E-state index >= 15 is 0 Å². The van der Waals surface area contributed by atoms with Gasteiger partial charge in [-0.25, -0.2) is 14.4 Å². The largest absolute Gasteiger partial charge is 0.480 e. The molecule has 32 nitrogen and oxygen atoms in total. The highest BCUT2D eigenvalue weighted by molar-refractivity contribution is 7.71. The van der Waals surface area contributed by atoms with E-state index in [0.717, 1.165) is 14.7 Å². The summed E-state index contributed by atoms with van der Waals surface area (Å²) in [6, 6.07) is 3.45. The van der Waals surface area contributed by atoms with Crippen LogP contribution in [0, 0.1) is 5.92 Å². The number of benzene rings is 1. The molecule has 67 heavy (non-hydrogen) atoms. The highest BCUT2D eigenvalue weighted by Crippen LogP contribution is 2.59. The minimum atomic E-state index is -5.52. The van der Waals surface area contributed by atoms with Crippen LogP contribution < -0.4 is 26.6 Å². The molecule has 1 aliphatic rings. The Morgan fingerprint density at radius 3 is 1.39 bits per heavy atom. The summed E-state index contributed by atoms with van der Waals surface area (Å²) in [5.41, 5.74) is -5.16. The van der Waals surface area contributed by atoms with E-state index in [0.29, 0.717) is 5.56 Å². The molecule has 380 valence electrons. The summed E-state index contributed by atoms with van der Waals surface area (Å²) in [5.74, 6) is -6.15. The van der Waals surface area contributed by atoms with E-state index in [1.165, 1.54) is 36.1 Å². The van der Waals surface area contributed by atoms with Gasteiger partial charge in [-0.15, -0.1) is 0 Å². The highest BCUT2D eigenvalue weighted by atomic mass is 31.2. The molecule has 17 N–H and O–H groups in total. The van der Waals surface area contributed by atoms with Crippen LogP contribution in [0.4, 0.5) is 20.1 Å². The minimum absolute atomic E-state index is 0.0252. The van der Waals surface area contributed by atoms with Gasteiger partial charge in [-0.2, -0.15) is 0 Å². The van der Waals surface area contributed by atoms with Gasteiger partial charge in [0.05, 0.1) is 31.6 Å². The molecule has 1 aromatic rings. The molecule has 2 rings (SSSR count). The summed E-state index contributed by atoms with van der Waals surface area (Å²) >= 11 is 0. The molecule has 2 atom stereocenters. The van der Waals surface area contributed by atoms with Crippen molar-refractivity contribution >= 4 is 78.0 Å². The van der Waals surface area contributed by atoms with Crippen LogP contribution in [0.5, 0.6) is 0 Å². The average molecular weight is 1040 g/mol. The van der Waals surface area contributed by atoms with Crippen LogP contribution in [0.3, 0.4) is 0 Å². The minimum Gasteiger partial charge on any atom is -0.480 e. The van der Waals surface area contributed by atoms with Gasteiger partial charge in [0.1, 0.15) is 0 Å². The third kappa shape index (κ3) is 19.9. The zero-order chi connectivity index (χ0) is 51.2. The predicted octanol–water partition coefficient (Wildman–Crippen LogP) is -3.43. The first-order valence-corrected chi connectivity index (χ1v) is 26.0. The standard InChI is InChI=1S/C31H53N9O23P4/c1-18-22(40(31(50)51)11-10-38(30(48)49)7-6-37(29(46)47)8-9-39(18)17-25(43)44)12-19-2-4-21(5-3-19)36-26(45)20(13-32-23(41)15-34-27(64(52,53)54)65(55,56)57)14-33-24(42)16-35-28(66(58,59)60)67(61,62)63/h2-5,18,20,22,27-28,34-35H,6-17H2,1H3,(H,32,41)(H,33,42)(H,36,45)(H,43,44)(H,46,47)(H,48,49)(H,50,51)(H2,52,53,54)(H2,55,56,57)(H2,58,59,60)(H2,61,62,63). The van der Waals surface area contributed by atoms with Gasteiger partial charge in [0.15, 0.2) is 0 Å². The van der Waals surface area contributed by atoms with Crippen LogP contribution in [0.15, 0.2) is 24.3 Å². The summed E-state index contributed by atoms with van der Waals surface area (Å²) in [5, 5.41) is 49.7. The first-order valence-electron chi connectivity index (χ1n) is 19.2. The number of aliphatic carboxylic acids is 1. The van der Waals surface area contributed by atoms with E-state index in [4.69, 9.17) is 0 Å². The number of anilines is 1. The number of carbonyl (C=O) groups excluding carboxylic acids is 3. The maximum Gasteiger partial charge on any atom is 0.407 e. The third-order valence-corrected chi connectivity index (χ3v) is 16.7. The monoisotopic (exact) mass is 1040 g/mol. The first kappa shape index (κ1) is 58.5. The zero-order valence-electron chi connectivity index (χ0n) is 35.1. The van der Waals surface area contributed by atoms with Crippen molar-refractivity contribution in [3.05, 3.63) is 29.8 Å². The molecule has 1 aromatic carbocycles. The Hall–Kier alpha value is -4.61. The Labute approximate surface area is 379 Å². The summed E-state index contributed by atoms with van der Waals surface area (Å²) < 4.78 is 46.3. The van der Waals surface area contributed by atoms with E-state index < -0.39 is 141 Å². The van der Waals surface area contributed by atoms with Gasteiger partial charge in [0, 0.05) is 64.1 Å². The molecule has 36 heteroatoms. The second-order valence-electron chi connectivity index (χ2n) is 14.7. The number of amides is 6. The first-order chi connectivity index (χ1) is 30.7. The molecule has 0 radical (unpaired) electrons. The van der Waals surface area contributed by atoms with Gasteiger partial charge in [-0.05, 0) is 31.0 Å². The molecule has 6 amide bonds. The lowest BCUT2D eigenvalue weighted by molar-refractivity contribution is -0.139. The number of carboxylic acid groups (broad SMARTS) is 4. The normalized spacial score (nSPS) is 17.4. The predicted molar refractivity (Wildman–Crippen MR) is 226 cm³/mol. The van der Waals surface area contributed by atoms with Crippen LogP contribution in [-0.2, 0) is 43.9 Å². The van der Waals surface area contributed by atoms with Gasteiger partial charge in [-0.1, -0.05) is 12.1 Å². The van der Waals surface area contributed by atoms with Crippen molar-refractivity contribution < 1.29 is 111 Å². The van der Waals surface area contributed by atoms with E-state index in [9.17, 15) is 111 Å². The molecule has 0 saturated carbocycles. The number of carbonyl (C=O) groups is 7. The van der Waals surface area contributed by atoms with Gasteiger partial charge in [0.2, 0.25) is 28.8 Å². The second-order valence-corrected chi connectivity index (χ2v) is 22.3. The molecule has 0 aliphatic carbocycles. The van der Waals surface area contributed by atoms with Crippen molar-refractivity contribution in [3.8, 4) is 0 Å². The Morgan fingerprint density at radius 2 is 1.01 bits per heavy atom. The number of hydrogen-bond acceptors (Lipinski definition) is 14. The molecule has 1 saturated heterocycles. The van der Waals surface area contributed by atoms with Gasteiger partial charge in [0.25, 0.3) is 0 Å². The Balaban J connectivity index is 2.40. The van der Waals surface area contributed by atoms with Crippen molar-refractivity contribution in [2.24, 2.45) is 5.92 Å². The highest BCUT2D eigenvalue weighted by Gasteiger charge is 2.44. The lowest BCUT2D eigenvalue weighted by Crippen LogP contribution is -2.58. The van der Waals surface area contributed by atoms with Crippen LogP contribution in [0.1, 0.15) is 12.5 Å². The molecule has 1 fully saturated rings. The topological polar surface area (TPSA) is 504 Å². The van der Waals surface area contributed by atoms with Crippen molar-refractivity contribution in [1.29, 1.82) is 0 Å².